The van der Waals surface area contributed by atoms with Gasteiger partial charge in [0.25, 0.3) is 0 Å². The largest absolute Gasteiger partial charge is 0.383 e. The molecule has 0 aliphatic rings. The second kappa shape index (κ2) is 8.72. The highest BCUT2D eigenvalue weighted by Gasteiger charge is 2.15. The summed E-state index contributed by atoms with van der Waals surface area (Å²) in [4.78, 5) is 0. The number of ether oxygens (including phenoxy) is 1. The molecule has 0 saturated carbocycles. The predicted molar refractivity (Wildman–Crippen MR) is 82.6 cm³/mol. The molecule has 0 fully saturated rings. The van der Waals surface area contributed by atoms with Gasteiger partial charge in [0.15, 0.2) is 0 Å². The van der Waals surface area contributed by atoms with Crippen molar-refractivity contribution in [1.29, 1.82) is 0 Å². The maximum Gasteiger partial charge on any atom is 0.0766 e. The molecule has 1 aromatic rings. The van der Waals surface area contributed by atoms with E-state index in [0.717, 1.165) is 44.5 Å². The molecule has 110 valence electrons. The van der Waals surface area contributed by atoms with Crippen molar-refractivity contribution in [3.8, 4) is 0 Å². The van der Waals surface area contributed by atoms with Crippen molar-refractivity contribution < 1.29 is 4.74 Å². The lowest BCUT2D eigenvalue weighted by Crippen LogP contribution is -2.34. The number of aryl methyl sites for hydroxylation is 2. The molecule has 0 aromatic carbocycles. The molecule has 4 nitrogen and oxygen atoms in total. The minimum Gasteiger partial charge on any atom is -0.383 e. The quantitative estimate of drug-likeness (QED) is 0.756. The zero-order valence-electron chi connectivity index (χ0n) is 12.5. The molecular formula is C14H26BrN3O. The summed E-state index contributed by atoms with van der Waals surface area (Å²) in [6.07, 6.45) is 4.18. The van der Waals surface area contributed by atoms with Gasteiger partial charge in [0.1, 0.15) is 0 Å². The Morgan fingerprint density at radius 3 is 2.68 bits per heavy atom. The fourth-order valence-electron chi connectivity index (χ4n) is 2.20. The maximum absolute atomic E-state index is 5.28. The standard InChI is InChI=1S/C14H26BrN3O/c1-5-9-16-11(10-19-4)7-8-13-14(15)12(6-2)17-18(13)3/h11,16H,5-10H2,1-4H3. The van der Waals surface area contributed by atoms with Crippen LogP contribution in [0.5, 0.6) is 0 Å². The Kier molecular flexibility index (Phi) is 7.64. The van der Waals surface area contributed by atoms with Gasteiger partial charge in [-0.1, -0.05) is 13.8 Å². The number of aromatic nitrogens is 2. The molecule has 1 atom stereocenters. The zero-order valence-corrected chi connectivity index (χ0v) is 14.1. The molecule has 1 aromatic heterocycles. The fourth-order valence-corrected chi connectivity index (χ4v) is 3.01. The lowest BCUT2D eigenvalue weighted by molar-refractivity contribution is 0.162. The van der Waals surface area contributed by atoms with Crippen LogP contribution in [0.25, 0.3) is 0 Å². The smallest absolute Gasteiger partial charge is 0.0766 e. The molecule has 0 amide bonds. The Balaban J connectivity index is 2.60. The van der Waals surface area contributed by atoms with Gasteiger partial charge in [-0.3, -0.25) is 4.68 Å². The average Bonchev–Trinajstić information content (AvgIpc) is 2.68. The molecule has 0 radical (unpaired) electrons. The first-order chi connectivity index (χ1) is 9.13. The molecule has 0 aliphatic heterocycles. The minimum absolute atomic E-state index is 0.414. The highest BCUT2D eigenvalue weighted by atomic mass is 79.9. The monoisotopic (exact) mass is 331 g/mol. The van der Waals surface area contributed by atoms with Crippen LogP contribution < -0.4 is 5.32 Å². The minimum atomic E-state index is 0.414. The van der Waals surface area contributed by atoms with Gasteiger partial charge in [0, 0.05) is 20.2 Å². The number of rotatable bonds is 9. The Morgan fingerprint density at radius 2 is 2.16 bits per heavy atom. The lowest BCUT2D eigenvalue weighted by atomic mass is 10.1. The van der Waals surface area contributed by atoms with Crippen molar-refractivity contribution in [2.45, 2.75) is 45.6 Å². The topological polar surface area (TPSA) is 39.1 Å². The molecule has 1 unspecified atom stereocenters. The second-order valence-corrected chi connectivity index (χ2v) is 5.62. The molecule has 19 heavy (non-hydrogen) atoms. The van der Waals surface area contributed by atoms with E-state index >= 15 is 0 Å². The summed E-state index contributed by atoms with van der Waals surface area (Å²) >= 11 is 3.67. The van der Waals surface area contributed by atoms with Crippen LogP contribution in [-0.2, 0) is 24.6 Å². The van der Waals surface area contributed by atoms with Gasteiger partial charge in [0.05, 0.1) is 22.5 Å². The SMILES string of the molecule is CCCNC(CCc1c(Br)c(CC)nn1C)COC. The number of halogens is 1. The zero-order chi connectivity index (χ0) is 14.3. The van der Waals surface area contributed by atoms with Gasteiger partial charge < -0.3 is 10.1 Å². The summed E-state index contributed by atoms with van der Waals surface area (Å²) in [5, 5.41) is 8.06. The Morgan fingerprint density at radius 1 is 1.42 bits per heavy atom. The van der Waals surface area contributed by atoms with Crippen molar-refractivity contribution >= 4 is 15.9 Å². The average molecular weight is 332 g/mol. The Hall–Kier alpha value is -0.390. The predicted octanol–water partition coefficient (Wildman–Crippen LogP) is 2.69. The molecular weight excluding hydrogens is 306 g/mol. The van der Waals surface area contributed by atoms with Crippen molar-refractivity contribution in [2.75, 3.05) is 20.3 Å². The van der Waals surface area contributed by atoms with Crippen LogP contribution in [0, 0.1) is 0 Å². The van der Waals surface area contributed by atoms with Crippen LogP contribution in [0.3, 0.4) is 0 Å². The van der Waals surface area contributed by atoms with E-state index in [9.17, 15) is 0 Å². The third-order valence-electron chi connectivity index (χ3n) is 3.28. The van der Waals surface area contributed by atoms with Crippen molar-refractivity contribution in [2.24, 2.45) is 7.05 Å². The van der Waals surface area contributed by atoms with E-state index < -0.39 is 0 Å². The van der Waals surface area contributed by atoms with Crippen LogP contribution in [0.4, 0.5) is 0 Å². The summed E-state index contributed by atoms with van der Waals surface area (Å²) in [6, 6.07) is 0.414. The van der Waals surface area contributed by atoms with Crippen molar-refractivity contribution in [3.63, 3.8) is 0 Å². The van der Waals surface area contributed by atoms with E-state index in [1.165, 1.54) is 10.2 Å². The highest BCUT2D eigenvalue weighted by Crippen LogP contribution is 2.23. The molecule has 0 spiro atoms. The van der Waals surface area contributed by atoms with Gasteiger partial charge in [-0.15, -0.1) is 0 Å². The number of nitrogens with one attached hydrogen (secondary N) is 1. The third kappa shape index (κ3) is 4.89. The van der Waals surface area contributed by atoms with Crippen LogP contribution in [0.1, 0.15) is 38.1 Å². The summed E-state index contributed by atoms with van der Waals surface area (Å²) < 4.78 is 8.44. The number of methoxy groups -OCH3 is 1. The van der Waals surface area contributed by atoms with Gasteiger partial charge in [0.2, 0.25) is 0 Å². The summed E-state index contributed by atoms with van der Waals surface area (Å²) in [5.74, 6) is 0. The number of nitrogens with zero attached hydrogens (tertiary/aromatic N) is 2. The summed E-state index contributed by atoms with van der Waals surface area (Å²) in [5.41, 5.74) is 2.42. The van der Waals surface area contributed by atoms with Crippen molar-refractivity contribution in [3.05, 3.63) is 15.9 Å². The van der Waals surface area contributed by atoms with E-state index in [1.54, 1.807) is 7.11 Å². The second-order valence-electron chi connectivity index (χ2n) is 4.83. The van der Waals surface area contributed by atoms with Crippen LogP contribution >= 0.6 is 15.9 Å². The molecule has 0 bridgehead atoms. The molecule has 1 N–H and O–H groups in total. The fraction of sp³-hybridized carbons (Fsp3) is 0.786. The van der Waals surface area contributed by atoms with E-state index in [-0.39, 0.29) is 0 Å². The first-order valence-electron chi connectivity index (χ1n) is 7.06. The third-order valence-corrected chi connectivity index (χ3v) is 4.20. The molecule has 0 saturated heterocycles. The first kappa shape index (κ1) is 16.7. The Bertz CT molecular complexity index is 379. The molecule has 5 heteroatoms. The van der Waals surface area contributed by atoms with Crippen LogP contribution in [0.2, 0.25) is 0 Å². The molecule has 1 heterocycles. The van der Waals surface area contributed by atoms with Gasteiger partial charge in [-0.2, -0.15) is 5.10 Å². The normalized spacial score (nSPS) is 12.9. The van der Waals surface area contributed by atoms with E-state index in [4.69, 9.17) is 4.74 Å². The van der Waals surface area contributed by atoms with Gasteiger partial charge in [-0.05, 0) is 48.2 Å². The summed E-state index contributed by atoms with van der Waals surface area (Å²) in [6.45, 7) is 6.12. The van der Waals surface area contributed by atoms with Gasteiger partial charge in [-0.25, -0.2) is 0 Å². The summed E-state index contributed by atoms with van der Waals surface area (Å²) in [7, 11) is 3.78. The van der Waals surface area contributed by atoms with Crippen molar-refractivity contribution in [1.82, 2.24) is 15.1 Å². The lowest BCUT2D eigenvalue weighted by Gasteiger charge is -2.17. The van der Waals surface area contributed by atoms with E-state index in [0.29, 0.717) is 6.04 Å². The highest BCUT2D eigenvalue weighted by molar-refractivity contribution is 9.10. The molecule has 0 aliphatic carbocycles. The first-order valence-corrected chi connectivity index (χ1v) is 7.85. The molecule has 1 rings (SSSR count). The number of hydrogen-bond donors (Lipinski definition) is 1. The number of hydrogen-bond acceptors (Lipinski definition) is 3. The van der Waals surface area contributed by atoms with Crippen LogP contribution in [0.15, 0.2) is 4.47 Å². The van der Waals surface area contributed by atoms with Crippen LogP contribution in [-0.4, -0.2) is 36.1 Å². The van der Waals surface area contributed by atoms with E-state index in [1.807, 2.05) is 11.7 Å². The van der Waals surface area contributed by atoms with Gasteiger partial charge >= 0.3 is 0 Å². The maximum atomic E-state index is 5.28. The van der Waals surface area contributed by atoms with E-state index in [2.05, 4.69) is 40.2 Å². The Labute approximate surface area is 125 Å².